The molecule has 0 bridgehead atoms. The number of aryl methyl sites for hydroxylation is 1. The first kappa shape index (κ1) is 16.3. The predicted octanol–water partition coefficient (Wildman–Crippen LogP) is 2.53. The van der Waals surface area contributed by atoms with Gasteiger partial charge in [-0.25, -0.2) is 4.79 Å². The second-order valence-electron chi connectivity index (χ2n) is 6.75. The van der Waals surface area contributed by atoms with Crippen molar-refractivity contribution in [2.45, 2.75) is 20.8 Å². The number of carbonyl (C=O) groups is 2. The Hall–Kier alpha value is -2.57. The van der Waals surface area contributed by atoms with Gasteiger partial charge in [-0.15, -0.1) is 0 Å². The Balaban J connectivity index is 1.76. The molecule has 128 valence electrons. The Labute approximate surface area is 140 Å². The first-order valence-electron chi connectivity index (χ1n) is 7.93. The monoisotopic (exact) mass is 330 g/mol. The number of hydrogen-bond acceptors (Lipinski definition) is 4. The quantitative estimate of drug-likeness (QED) is 0.828. The number of amides is 2. The molecular weight excluding hydrogens is 308 g/mol. The molecule has 2 atom stereocenters. The van der Waals surface area contributed by atoms with Crippen LogP contribution < -0.4 is 5.32 Å². The Kier molecular flexibility index (Phi) is 3.95. The van der Waals surface area contributed by atoms with E-state index in [1.165, 1.54) is 7.11 Å². The number of nitrogens with zero attached hydrogens (tertiary/aromatic N) is 2. The molecule has 2 N–H and O–H groups in total. The van der Waals surface area contributed by atoms with Crippen molar-refractivity contribution >= 4 is 28.6 Å². The molecule has 0 saturated carbocycles. The third-order valence-corrected chi connectivity index (χ3v) is 5.06. The van der Waals surface area contributed by atoms with Crippen molar-refractivity contribution in [3.05, 3.63) is 23.9 Å². The number of rotatable bonds is 2. The van der Waals surface area contributed by atoms with E-state index in [2.05, 4.69) is 15.5 Å². The standard InChI is InChI=1S/C17H22N4O3/c1-10-5-12(6-14-13(10)7-18-20-14)19-16(23)21-8-11(2)17(3,9-21)15(22)24-4/h5-7,11H,8-9H2,1-4H3,(H,18,20)(H,19,23)/t11-,17-/m0/s1. The van der Waals surface area contributed by atoms with E-state index in [0.717, 1.165) is 16.5 Å². The number of aromatic nitrogens is 2. The molecule has 0 radical (unpaired) electrons. The summed E-state index contributed by atoms with van der Waals surface area (Å²) >= 11 is 0. The normalized spacial score (nSPS) is 23.5. The maximum absolute atomic E-state index is 12.6. The molecular formula is C17H22N4O3. The minimum absolute atomic E-state index is 0.0347. The SMILES string of the molecule is COC(=O)[C@@]1(C)CN(C(=O)Nc2cc(C)c3cn[nH]c3c2)C[C@@H]1C. The molecule has 1 aromatic heterocycles. The van der Waals surface area contributed by atoms with E-state index in [0.29, 0.717) is 18.8 Å². The molecule has 1 aliphatic rings. The Bertz CT molecular complexity index is 800. The summed E-state index contributed by atoms with van der Waals surface area (Å²) in [6.07, 6.45) is 1.76. The van der Waals surface area contributed by atoms with Crippen molar-refractivity contribution in [1.82, 2.24) is 15.1 Å². The number of ether oxygens (including phenoxy) is 1. The van der Waals surface area contributed by atoms with E-state index in [-0.39, 0.29) is 17.9 Å². The van der Waals surface area contributed by atoms with Gasteiger partial charge in [-0.05, 0) is 37.5 Å². The highest BCUT2D eigenvalue weighted by Gasteiger charge is 2.48. The van der Waals surface area contributed by atoms with Crippen molar-refractivity contribution in [3.63, 3.8) is 0 Å². The minimum Gasteiger partial charge on any atom is -0.469 e. The lowest BCUT2D eigenvalue weighted by Gasteiger charge is -2.24. The van der Waals surface area contributed by atoms with Crippen LogP contribution in [-0.4, -0.2) is 47.3 Å². The van der Waals surface area contributed by atoms with Gasteiger partial charge < -0.3 is 15.0 Å². The van der Waals surface area contributed by atoms with Gasteiger partial charge in [0.05, 0.1) is 24.2 Å². The average Bonchev–Trinajstić information content (AvgIpc) is 3.12. The third-order valence-electron chi connectivity index (χ3n) is 5.06. The Morgan fingerprint density at radius 3 is 2.92 bits per heavy atom. The van der Waals surface area contributed by atoms with Crippen molar-refractivity contribution in [2.75, 3.05) is 25.5 Å². The number of fused-ring (bicyclic) bond motifs is 1. The van der Waals surface area contributed by atoms with E-state index in [1.807, 2.05) is 32.9 Å². The summed E-state index contributed by atoms with van der Waals surface area (Å²) in [5.74, 6) is -0.243. The largest absolute Gasteiger partial charge is 0.469 e. The lowest BCUT2D eigenvalue weighted by atomic mass is 9.81. The van der Waals surface area contributed by atoms with Crippen LogP contribution >= 0.6 is 0 Å². The summed E-state index contributed by atoms with van der Waals surface area (Å²) in [6, 6.07) is 3.55. The fourth-order valence-corrected chi connectivity index (χ4v) is 3.31. The van der Waals surface area contributed by atoms with Crippen molar-refractivity contribution in [3.8, 4) is 0 Å². The number of benzene rings is 1. The van der Waals surface area contributed by atoms with Gasteiger partial charge in [-0.2, -0.15) is 5.10 Å². The smallest absolute Gasteiger partial charge is 0.321 e. The topological polar surface area (TPSA) is 87.3 Å². The van der Waals surface area contributed by atoms with Gasteiger partial charge in [0.25, 0.3) is 0 Å². The van der Waals surface area contributed by atoms with Crippen LogP contribution in [0.5, 0.6) is 0 Å². The molecule has 3 rings (SSSR count). The van der Waals surface area contributed by atoms with E-state index < -0.39 is 5.41 Å². The highest BCUT2D eigenvalue weighted by Crippen LogP contribution is 2.37. The number of carbonyl (C=O) groups excluding carboxylic acids is 2. The van der Waals surface area contributed by atoms with E-state index >= 15 is 0 Å². The summed E-state index contributed by atoms with van der Waals surface area (Å²) < 4.78 is 4.90. The number of H-pyrrole nitrogens is 1. The van der Waals surface area contributed by atoms with Crippen molar-refractivity contribution < 1.29 is 14.3 Å². The Morgan fingerprint density at radius 1 is 1.46 bits per heavy atom. The van der Waals surface area contributed by atoms with Gasteiger partial charge in [0.1, 0.15) is 0 Å². The zero-order chi connectivity index (χ0) is 17.5. The molecule has 24 heavy (non-hydrogen) atoms. The second kappa shape index (κ2) is 5.81. The molecule has 2 amide bonds. The van der Waals surface area contributed by atoms with Crippen LogP contribution in [0.1, 0.15) is 19.4 Å². The number of hydrogen-bond donors (Lipinski definition) is 2. The number of anilines is 1. The van der Waals surface area contributed by atoms with Gasteiger partial charge >= 0.3 is 12.0 Å². The molecule has 1 aliphatic heterocycles. The summed E-state index contributed by atoms with van der Waals surface area (Å²) in [5, 5.41) is 10.9. The number of methoxy groups -OCH3 is 1. The fraction of sp³-hybridized carbons (Fsp3) is 0.471. The van der Waals surface area contributed by atoms with Crippen LogP contribution in [0.2, 0.25) is 0 Å². The molecule has 1 saturated heterocycles. The molecule has 0 aliphatic carbocycles. The molecule has 1 aromatic carbocycles. The van der Waals surface area contributed by atoms with Crippen LogP contribution in [0.3, 0.4) is 0 Å². The second-order valence-corrected chi connectivity index (χ2v) is 6.75. The van der Waals surface area contributed by atoms with Gasteiger partial charge in [0.15, 0.2) is 0 Å². The van der Waals surface area contributed by atoms with Gasteiger partial charge in [0.2, 0.25) is 0 Å². The fourth-order valence-electron chi connectivity index (χ4n) is 3.31. The number of esters is 1. The van der Waals surface area contributed by atoms with E-state index in [9.17, 15) is 9.59 Å². The highest BCUT2D eigenvalue weighted by molar-refractivity contribution is 5.94. The first-order chi connectivity index (χ1) is 11.3. The number of aromatic amines is 1. The lowest BCUT2D eigenvalue weighted by molar-refractivity contribution is -0.152. The van der Waals surface area contributed by atoms with Gasteiger partial charge in [-0.1, -0.05) is 6.92 Å². The maximum atomic E-state index is 12.6. The average molecular weight is 330 g/mol. The zero-order valence-electron chi connectivity index (χ0n) is 14.3. The van der Waals surface area contributed by atoms with E-state index in [1.54, 1.807) is 11.1 Å². The molecule has 2 heterocycles. The molecule has 7 heteroatoms. The van der Waals surface area contributed by atoms with Crippen LogP contribution in [0.15, 0.2) is 18.3 Å². The van der Waals surface area contributed by atoms with Crippen molar-refractivity contribution in [1.29, 1.82) is 0 Å². The molecule has 2 aromatic rings. The van der Waals surface area contributed by atoms with Crippen LogP contribution in [0.25, 0.3) is 10.9 Å². The predicted molar refractivity (Wildman–Crippen MR) is 90.7 cm³/mol. The molecule has 0 spiro atoms. The molecule has 0 unspecified atom stereocenters. The highest BCUT2D eigenvalue weighted by atomic mass is 16.5. The van der Waals surface area contributed by atoms with Crippen LogP contribution in [0, 0.1) is 18.3 Å². The van der Waals surface area contributed by atoms with Crippen LogP contribution in [-0.2, 0) is 9.53 Å². The number of likely N-dealkylation sites (tertiary alicyclic amines) is 1. The van der Waals surface area contributed by atoms with Crippen LogP contribution in [0.4, 0.5) is 10.5 Å². The molecule has 1 fully saturated rings. The summed E-state index contributed by atoms with van der Waals surface area (Å²) in [6.45, 7) is 6.64. The number of urea groups is 1. The van der Waals surface area contributed by atoms with E-state index in [4.69, 9.17) is 4.74 Å². The summed E-state index contributed by atoms with van der Waals surface area (Å²) in [4.78, 5) is 26.3. The van der Waals surface area contributed by atoms with Gasteiger partial charge in [0, 0.05) is 24.2 Å². The van der Waals surface area contributed by atoms with Crippen molar-refractivity contribution in [2.24, 2.45) is 11.3 Å². The summed E-state index contributed by atoms with van der Waals surface area (Å²) in [7, 11) is 1.38. The summed E-state index contributed by atoms with van der Waals surface area (Å²) in [5.41, 5.74) is 1.94. The maximum Gasteiger partial charge on any atom is 0.321 e. The lowest BCUT2D eigenvalue weighted by Crippen LogP contribution is -2.38. The third kappa shape index (κ3) is 2.60. The molecule has 7 nitrogen and oxygen atoms in total. The zero-order valence-corrected chi connectivity index (χ0v) is 14.3. The minimum atomic E-state index is -0.671. The Morgan fingerprint density at radius 2 is 2.21 bits per heavy atom. The first-order valence-corrected chi connectivity index (χ1v) is 7.93. The number of nitrogens with one attached hydrogen (secondary N) is 2. The van der Waals surface area contributed by atoms with Gasteiger partial charge in [-0.3, -0.25) is 9.89 Å².